The molecule has 10 heteroatoms. The average molecular weight is 403 g/mol. The van der Waals surface area contributed by atoms with E-state index in [-0.39, 0.29) is 12.4 Å². The van der Waals surface area contributed by atoms with Gasteiger partial charge in [-0.2, -0.15) is 0 Å². The van der Waals surface area contributed by atoms with Crippen molar-refractivity contribution in [1.29, 1.82) is 0 Å². The van der Waals surface area contributed by atoms with Crippen molar-refractivity contribution in [2.24, 2.45) is 7.05 Å². The molecule has 4 nitrogen and oxygen atoms in total. The zero-order valence-corrected chi connectivity index (χ0v) is 16.9. The van der Waals surface area contributed by atoms with Crippen LogP contribution < -0.4 is 4.57 Å². The van der Waals surface area contributed by atoms with E-state index < -0.39 is 7.25 Å². The monoisotopic (exact) mass is 402 g/mol. The molecular formula is C16H32BClF4N4. The molecule has 154 valence electrons. The fourth-order valence-corrected chi connectivity index (χ4v) is 2.07. The molecule has 0 saturated carbocycles. The van der Waals surface area contributed by atoms with Crippen LogP contribution >= 0.6 is 12.4 Å². The van der Waals surface area contributed by atoms with E-state index in [1.165, 1.54) is 32.2 Å². The van der Waals surface area contributed by atoms with E-state index in [0.717, 1.165) is 13.2 Å². The van der Waals surface area contributed by atoms with Crippen LogP contribution in [0.5, 0.6) is 0 Å². The number of nitrogens with zero attached hydrogens (tertiary/aromatic N) is 4. The third-order valence-electron chi connectivity index (χ3n) is 3.33. The maximum absolute atomic E-state index is 9.75. The number of halogens is 5. The highest BCUT2D eigenvalue weighted by Crippen LogP contribution is 2.06. The lowest BCUT2D eigenvalue weighted by molar-refractivity contribution is -0.671. The van der Waals surface area contributed by atoms with Gasteiger partial charge in [-0.05, 0) is 12.8 Å². The topological polar surface area (TPSA) is 15.3 Å². The van der Waals surface area contributed by atoms with Crippen molar-refractivity contribution in [2.45, 2.75) is 46.1 Å². The summed E-state index contributed by atoms with van der Waals surface area (Å²) in [5.41, 5.74) is 0. The fourth-order valence-electron chi connectivity index (χ4n) is 2.07. The van der Waals surface area contributed by atoms with Gasteiger partial charge >= 0.3 is 7.25 Å². The van der Waals surface area contributed by atoms with Crippen LogP contribution in [-0.4, -0.2) is 41.9 Å². The van der Waals surface area contributed by atoms with Crippen LogP contribution in [0, 0.1) is 0 Å². The van der Waals surface area contributed by atoms with Gasteiger partial charge in [0.05, 0.1) is 20.3 Å². The number of imidazole rings is 1. The highest BCUT2D eigenvalue weighted by molar-refractivity contribution is 6.50. The fraction of sp³-hybridized carbons (Fsp3) is 0.688. The predicted molar refractivity (Wildman–Crippen MR) is 101 cm³/mol. The van der Waals surface area contributed by atoms with E-state index in [4.69, 9.17) is 0 Å². The third kappa shape index (κ3) is 17.4. The summed E-state index contributed by atoms with van der Waals surface area (Å²) in [4.78, 5) is 4.53. The van der Waals surface area contributed by atoms with E-state index in [9.17, 15) is 17.3 Å². The van der Waals surface area contributed by atoms with Gasteiger partial charge in [0.15, 0.2) is 0 Å². The van der Waals surface area contributed by atoms with Gasteiger partial charge < -0.3 is 27.1 Å². The maximum atomic E-state index is 9.75. The summed E-state index contributed by atoms with van der Waals surface area (Å²) >= 11 is 0. The molecule has 0 unspecified atom stereocenters. The molecule has 0 aliphatic carbocycles. The van der Waals surface area contributed by atoms with Gasteiger partial charge in [-0.25, -0.2) is 9.13 Å². The second kappa shape index (κ2) is 14.8. The van der Waals surface area contributed by atoms with Gasteiger partial charge in [0, 0.05) is 26.0 Å². The lowest BCUT2D eigenvalue weighted by Gasteiger charge is -2.17. The largest absolute Gasteiger partial charge is 0.673 e. The van der Waals surface area contributed by atoms with Crippen LogP contribution in [0.4, 0.5) is 17.3 Å². The Bertz CT molecular complexity index is 477. The highest BCUT2D eigenvalue weighted by Gasteiger charge is 2.20. The Balaban J connectivity index is 0. The molecule has 0 spiro atoms. The van der Waals surface area contributed by atoms with Crippen LogP contribution in [0.2, 0.25) is 0 Å². The number of unbranched alkanes of at least 4 members (excludes halogenated alkanes) is 2. The van der Waals surface area contributed by atoms with Gasteiger partial charge in [0.25, 0.3) is 0 Å². The first-order valence-electron chi connectivity index (χ1n) is 8.66. The summed E-state index contributed by atoms with van der Waals surface area (Å²) < 4.78 is 43.3. The second-order valence-electron chi connectivity index (χ2n) is 6.03. The number of aromatic nitrogens is 2. The minimum absolute atomic E-state index is 0. The molecule has 0 fully saturated rings. The van der Waals surface area contributed by atoms with Gasteiger partial charge in [0.2, 0.25) is 6.33 Å². The quantitative estimate of drug-likeness (QED) is 0.400. The first kappa shape index (κ1) is 26.8. The van der Waals surface area contributed by atoms with Crippen molar-refractivity contribution in [1.82, 2.24) is 14.4 Å². The van der Waals surface area contributed by atoms with Crippen LogP contribution in [0.15, 0.2) is 31.1 Å². The number of hydrogen-bond donors (Lipinski definition) is 0. The van der Waals surface area contributed by atoms with E-state index >= 15 is 0 Å². The summed E-state index contributed by atoms with van der Waals surface area (Å²) in [5, 5.41) is 0. The molecule has 0 amide bonds. The number of rotatable bonds is 6. The minimum Gasteiger partial charge on any atom is -0.418 e. The number of aryl methyl sites for hydroxylation is 2. The Morgan fingerprint density at radius 3 is 1.92 bits per heavy atom. The molecule has 26 heavy (non-hydrogen) atoms. The van der Waals surface area contributed by atoms with Crippen molar-refractivity contribution in [3.05, 3.63) is 31.1 Å². The van der Waals surface area contributed by atoms with Crippen molar-refractivity contribution in [3.63, 3.8) is 0 Å². The van der Waals surface area contributed by atoms with Crippen LogP contribution in [-0.2, 0) is 13.6 Å². The van der Waals surface area contributed by atoms with Crippen molar-refractivity contribution < 1.29 is 21.8 Å². The average Bonchev–Trinajstić information content (AvgIpc) is 3.10. The molecule has 2 rings (SSSR count). The third-order valence-corrected chi connectivity index (χ3v) is 3.33. The second-order valence-corrected chi connectivity index (χ2v) is 6.03. The predicted octanol–water partition coefficient (Wildman–Crippen LogP) is 4.30. The van der Waals surface area contributed by atoms with Gasteiger partial charge in [-0.15, -0.1) is 12.4 Å². The van der Waals surface area contributed by atoms with Gasteiger partial charge in [-0.3, -0.25) is 0 Å². The Hall–Kier alpha value is -1.38. The lowest BCUT2D eigenvalue weighted by Crippen LogP contribution is -2.23. The normalized spacial score (nSPS) is 12.8. The first-order chi connectivity index (χ1) is 11.7. The Kier molecular flexibility index (Phi) is 15.2. The summed E-state index contributed by atoms with van der Waals surface area (Å²) in [6.45, 7) is 7.86. The van der Waals surface area contributed by atoms with E-state index in [2.05, 4.69) is 71.0 Å². The van der Waals surface area contributed by atoms with Crippen LogP contribution in [0.1, 0.15) is 39.5 Å². The summed E-state index contributed by atoms with van der Waals surface area (Å²) in [5.74, 6) is 0. The molecule has 0 aromatic carbocycles. The molecule has 0 saturated heterocycles. The van der Waals surface area contributed by atoms with Crippen LogP contribution in [0.3, 0.4) is 0 Å². The van der Waals surface area contributed by atoms with E-state index in [1.807, 2.05) is 7.05 Å². The smallest absolute Gasteiger partial charge is 0.418 e. The molecule has 0 bridgehead atoms. The zero-order valence-electron chi connectivity index (χ0n) is 16.1. The van der Waals surface area contributed by atoms with Crippen molar-refractivity contribution in [3.8, 4) is 0 Å². The molecule has 0 N–H and O–H groups in total. The Morgan fingerprint density at radius 1 is 1.00 bits per heavy atom. The Morgan fingerprint density at radius 2 is 1.54 bits per heavy atom. The first-order valence-corrected chi connectivity index (χ1v) is 8.66. The van der Waals surface area contributed by atoms with E-state index in [1.54, 1.807) is 0 Å². The summed E-state index contributed by atoms with van der Waals surface area (Å²) in [6.07, 6.45) is 15.7. The molecule has 1 aliphatic heterocycles. The van der Waals surface area contributed by atoms with Gasteiger partial charge in [-0.1, -0.05) is 26.7 Å². The summed E-state index contributed by atoms with van der Waals surface area (Å²) in [7, 11) is -1.86. The zero-order chi connectivity index (χ0) is 19.3. The Labute approximate surface area is 161 Å². The van der Waals surface area contributed by atoms with Crippen LogP contribution in [0.25, 0.3) is 0 Å². The SMILES string of the molecule is CCCCN1C=CN(C)C1.CCCCn1cc[n+](C)c1.Cl.F[B-](F)(F)F. The molecule has 0 atom stereocenters. The van der Waals surface area contributed by atoms with Crippen molar-refractivity contribution >= 4 is 19.7 Å². The molecule has 1 aromatic rings. The number of hydrogen-bond acceptors (Lipinski definition) is 2. The molecule has 1 aliphatic rings. The maximum Gasteiger partial charge on any atom is 0.673 e. The lowest BCUT2D eigenvalue weighted by atomic mass is 10.3. The highest BCUT2D eigenvalue weighted by atomic mass is 35.5. The standard InChI is InChI=1S/C8H16N2.C8H15N2.BF4.ClH/c2*1-3-4-5-10-7-6-9(2)8-10;2-1(3,4)5;/h6-7H,3-5,8H2,1-2H3;6-8H,3-5H2,1-2H3;;1H/q;+1;-1;. The van der Waals surface area contributed by atoms with Crippen molar-refractivity contribution in [2.75, 3.05) is 20.3 Å². The molecular weight excluding hydrogens is 370 g/mol. The molecule has 0 radical (unpaired) electrons. The minimum atomic E-state index is -6.00. The summed E-state index contributed by atoms with van der Waals surface area (Å²) in [6, 6.07) is 0. The molecule has 2 heterocycles. The molecule has 1 aromatic heterocycles. The van der Waals surface area contributed by atoms with Gasteiger partial charge in [0.1, 0.15) is 12.4 Å². The van der Waals surface area contributed by atoms with E-state index in [0.29, 0.717) is 0 Å².